The SMILES string of the molecule is CCCNC(CCCc1ccccc1)C(OC)C1CC1. The van der Waals surface area contributed by atoms with Crippen molar-refractivity contribution in [2.45, 2.75) is 57.6 Å². The maximum absolute atomic E-state index is 5.77. The normalized spacial score (nSPS) is 17.9. The summed E-state index contributed by atoms with van der Waals surface area (Å²) in [6, 6.07) is 11.3. The molecule has 0 heterocycles. The molecule has 1 aromatic rings. The van der Waals surface area contributed by atoms with Crippen LogP contribution in [0.25, 0.3) is 0 Å². The van der Waals surface area contributed by atoms with Crippen molar-refractivity contribution in [3.05, 3.63) is 35.9 Å². The van der Waals surface area contributed by atoms with Crippen LogP contribution in [-0.4, -0.2) is 25.8 Å². The molecule has 0 aromatic heterocycles. The molecule has 112 valence electrons. The predicted octanol–water partition coefficient (Wildman–Crippen LogP) is 3.80. The summed E-state index contributed by atoms with van der Waals surface area (Å²) in [4.78, 5) is 0. The minimum atomic E-state index is 0.414. The standard InChI is InChI=1S/C18H29NO/c1-3-14-19-17(18(20-2)16-12-13-16)11-7-10-15-8-5-4-6-9-15/h4-6,8-9,16-19H,3,7,10-14H2,1-2H3. The lowest BCUT2D eigenvalue weighted by Gasteiger charge is -2.27. The highest BCUT2D eigenvalue weighted by molar-refractivity contribution is 5.14. The Bertz CT molecular complexity index is 361. The number of methoxy groups -OCH3 is 1. The summed E-state index contributed by atoms with van der Waals surface area (Å²) in [5, 5.41) is 3.70. The number of nitrogens with one attached hydrogen (secondary N) is 1. The highest BCUT2D eigenvalue weighted by Gasteiger charge is 2.36. The summed E-state index contributed by atoms with van der Waals surface area (Å²) < 4.78 is 5.77. The van der Waals surface area contributed by atoms with E-state index in [2.05, 4.69) is 42.6 Å². The largest absolute Gasteiger partial charge is 0.380 e. The molecule has 1 fully saturated rings. The number of hydrogen-bond donors (Lipinski definition) is 1. The molecule has 1 aromatic carbocycles. The Kier molecular flexibility index (Phi) is 6.55. The van der Waals surface area contributed by atoms with Crippen molar-refractivity contribution in [1.29, 1.82) is 0 Å². The van der Waals surface area contributed by atoms with Crippen molar-refractivity contribution in [1.82, 2.24) is 5.32 Å². The number of ether oxygens (including phenoxy) is 1. The van der Waals surface area contributed by atoms with Crippen molar-refractivity contribution in [2.24, 2.45) is 5.92 Å². The van der Waals surface area contributed by atoms with Gasteiger partial charge in [-0.05, 0) is 56.6 Å². The Morgan fingerprint density at radius 3 is 2.60 bits per heavy atom. The quantitative estimate of drug-likeness (QED) is 0.701. The number of aryl methyl sites for hydroxylation is 1. The minimum Gasteiger partial charge on any atom is -0.380 e. The van der Waals surface area contributed by atoms with E-state index in [1.54, 1.807) is 0 Å². The van der Waals surface area contributed by atoms with Crippen LogP contribution in [-0.2, 0) is 11.2 Å². The fraction of sp³-hybridized carbons (Fsp3) is 0.667. The summed E-state index contributed by atoms with van der Waals surface area (Å²) in [5.41, 5.74) is 1.45. The molecule has 20 heavy (non-hydrogen) atoms. The van der Waals surface area contributed by atoms with Gasteiger partial charge in [-0.3, -0.25) is 0 Å². The molecule has 2 heteroatoms. The van der Waals surface area contributed by atoms with Crippen LogP contribution in [0.4, 0.5) is 0 Å². The summed E-state index contributed by atoms with van der Waals surface area (Å²) in [6.07, 6.45) is 7.92. The fourth-order valence-electron chi connectivity index (χ4n) is 2.99. The van der Waals surface area contributed by atoms with Crippen molar-refractivity contribution in [3.63, 3.8) is 0 Å². The molecule has 1 aliphatic rings. The van der Waals surface area contributed by atoms with Gasteiger partial charge >= 0.3 is 0 Å². The van der Waals surface area contributed by atoms with Gasteiger partial charge in [-0.15, -0.1) is 0 Å². The van der Waals surface area contributed by atoms with E-state index in [4.69, 9.17) is 4.74 Å². The van der Waals surface area contributed by atoms with E-state index >= 15 is 0 Å². The van der Waals surface area contributed by atoms with E-state index in [0.717, 1.165) is 12.5 Å². The first kappa shape index (κ1) is 15.5. The third-order valence-corrected chi connectivity index (χ3v) is 4.24. The third-order valence-electron chi connectivity index (χ3n) is 4.24. The molecule has 0 bridgehead atoms. The van der Waals surface area contributed by atoms with Gasteiger partial charge in [-0.2, -0.15) is 0 Å². The van der Waals surface area contributed by atoms with Crippen LogP contribution in [0.2, 0.25) is 0 Å². The van der Waals surface area contributed by atoms with E-state index in [0.29, 0.717) is 12.1 Å². The molecule has 2 unspecified atom stereocenters. The van der Waals surface area contributed by atoms with Crippen molar-refractivity contribution in [2.75, 3.05) is 13.7 Å². The third kappa shape index (κ3) is 4.92. The van der Waals surface area contributed by atoms with Crippen LogP contribution in [0.1, 0.15) is 44.6 Å². The molecule has 1 N–H and O–H groups in total. The predicted molar refractivity (Wildman–Crippen MR) is 85.0 cm³/mol. The van der Waals surface area contributed by atoms with E-state index < -0.39 is 0 Å². The Balaban J connectivity index is 1.80. The molecular formula is C18H29NO. The summed E-state index contributed by atoms with van der Waals surface area (Å²) in [6.45, 7) is 3.33. The Morgan fingerprint density at radius 2 is 2.00 bits per heavy atom. The number of rotatable bonds is 10. The maximum Gasteiger partial charge on any atom is 0.0752 e. The van der Waals surface area contributed by atoms with Crippen LogP contribution in [0.3, 0.4) is 0 Å². The average molecular weight is 275 g/mol. The first-order chi connectivity index (χ1) is 9.85. The number of hydrogen-bond acceptors (Lipinski definition) is 2. The van der Waals surface area contributed by atoms with Gasteiger partial charge in [0.1, 0.15) is 0 Å². The first-order valence-electron chi connectivity index (χ1n) is 8.15. The monoisotopic (exact) mass is 275 g/mol. The second-order valence-electron chi connectivity index (χ2n) is 5.98. The zero-order valence-electron chi connectivity index (χ0n) is 13.0. The maximum atomic E-state index is 5.77. The van der Waals surface area contributed by atoms with E-state index in [9.17, 15) is 0 Å². The lowest BCUT2D eigenvalue weighted by atomic mass is 9.98. The van der Waals surface area contributed by atoms with E-state index in [1.807, 2.05) is 7.11 Å². The Labute approximate surface area is 123 Å². The van der Waals surface area contributed by atoms with Gasteiger partial charge in [0.2, 0.25) is 0 Å². The van der Waals surface area contributed by atoms with Gasteiger partial charge in [-0.1, -0.05) is 37.3 Å². The van der Waals surface area contributed by atoms with Gasteiger partial charge in [0, 0.05) is 13.2 Å². The van der Waals surface area contributed by atoms with Crippen LogP contribution in [0, 0.1) is 5.92 Å². The molecule has 0 spiro atoms. The zero-order valence-corrected chi connectivity index (χ0v) is 13.0. The zero-order chi connectivity index (χ0) is 14.2. The average Bonchev–Trinajstić information content (AvgIpc) is 3.31. The van der Waals surface area contributed by atoms with Crippen LogP contribution >= 0.6 is 0 Å². The summed E-state index contributed by atoms with van der Waals surface area (Å²) in [5.74, 6) is 0.797. The topological polar surface area (TPSA) is 21.3 Å². The molecule has 0 saturated heterocycles. The smallest absolute Gasteiger partial charge is 0.0752 e. The number of benzene rings is 1. The second-order valence-corrected chi connectivity index (χ2v) is 5.98. The van der Waals surface area contributed by atoms with Crippen LogP contribution < -0.4 is 5.32 Å². The molecular weight excluding hydrogens is 246 g/mol. The Hall–Kier alpha value is -0.860. The molecule has 1 aliphatic carbocycles. The fourth-order valence-corrected chi connectivity index (χ4v) is 2.99. The molecule has 2 rings (SSSR count). The van der Waals surface area contributed by atoms with Gasteiger partial charge in [0.15, 0.2) is 0 Å². The van der Waals surface area contributed by atoms with Gasteiger partial charge in [0.25, 0.3) is 0 Å². The molecule has 1 saturated carbocycles. The van der Waals surface area contributed by atoms with Gasteiger partial charge in [0.05, 0.1) is 6.10 Å². The van der Waals surface area contributed by atoms with Gasteiger partial charge < -0.3 is 10.1 Å². The van der Waals surface area contributed by atoms with Crippen LogP contribution in [0.5, 0.6) is 0 Å². The highest BCUT2D eigenvalue weighted by Crippen LogP contribution is 2.36. The molecule has 2 atom stereocenters. The molecule has 0 amide bonds. The highest BCUT2D eigenvalue weighted by atomic mass is 16.5. The van der Waals surface area contributed by atoms with Gasteiger partial charge in [-0.25, -0.2) is 0 Å². The second kappa shape index (κ2) is 8.43. The first-order valence-corrected chi connectivity index (χ1v) is 8.15. The Morgan fingerprint density at radius 1 is 1.25 bits per heavy atom. The lowest BCUT2D eigenvalue weighted by Crippen LogP contribution is -2.42. The molecule has 0 aliphatic heterocycles. The van der Waals surface area contributed by atoms with Crippen molar-refractivity contribution < 1.29 is 4.74 Å². The molecule has 2 nitrogen and oxygen atoms in total. The summed E-state index contributed by atoms with van der Waals surface area (Å²) >= 11 is 0. The van der Waals surface area contributed by atoms with Crippen molar-refractivity contribution in [3.8, 4) is 0 Å². The molecule has 0 radical (unpaired) electrons. The summed E-state index contributed by atoms with van der Waals surface area (Å²) in [7, 11) is 1.88. The lowest BCUT2D eigenvalue weighted by molar-refractivity contribution is 0.0478. The minimum absolute atomic E-state index is 0.414. The van der Waals surface area contributed by atoms with Crippen LogP contribution in [0.15, 0.2) is 30.3 Å². The van der Waals surface area contributed by atoms with E-state index in [-0.39, 0.29) is 0 Å². The van der Waals surface area contributed by atoms with E-state index in [1.165, 1.54) is 44.1 Å². The van der Waals surface area contributed by atoms with Crippen molar-refractivity contribution >= 4 is 0 Å².